The molecule has 0 aromatic heterocycles. The fourth-order valence-electron chi connectivity index (χ4n) is 3.15. The van der Waals surface area contributed by atoms with Gasteiger partial charge in [-0.2, -0.15) is 0 Å². The van der Waals surface area contributed by atoms with E-state index in [9.17, 15) is 4.79 Å². The molecule has 1 unspecified atom stereocenters. The first-order chi connectivity index (χ1) is 7.84. The average Bonchev–Trinajstić information content (AvgIpc) is 2.28. The predicted molar refractivity (Wildman–Crippen MR) is 72.8 cm³/mol. The minimum Gasteiger partial charge on any atom is -0.321 e. The minimum atomic E-state index is -0.271. The molecule has 1 saturated carbocycles. The van der Waals surface area contributed by atoms with Crippen LogP contribution in [0.2, 0.25) is 0 Å². The van der Waals surface area contributed by atoms with Gasteiger partial charge in [0.25, 0.3) is 0 Å². The van der Waals surface area contributed by atoms with Crippen LogP contribution >= 0.6 is 0 Å². The van der Waals surface area contributed by atoms with Crippen LogP contribution in [0.25, 0.3) is 0 Å². The number of hydrogen-bond donors (Lipinski definition) is 1. The van der Waals surface area contributed by atoms with Crippen molar-refractivity contribution in [3.05, 3.63) is 0 Å². The molecular formula is C15H29NO. The molecule has 0 aromatic carbocycles. The molecule has 1 aliphatic carbocycles. The van der Waals surface area contributed by atoms with Crippen LogP contribution in [0.3, 0.4) is 0 Å². The second kappa shape index (κ2) is 5.99. The van der Waals surface area contributed by atoms with Crippen molar-refractivity contribution in [3.63, 3.8) is 0 Å². The molecule has 2 nitrogen and oxygen atoms in total. The Kier molecular flexibility index (Phi) is 5.18. The normalized spacial score (nSPS) is 20.6. The monoisotopic (exact) mass is 239 g/mol. The van der Waals surface area contributed by atoms with Gasteiger partial charge in [-0.05, 0) is 30.6 Å². The Morgan fingerprint density at radius 3 is 2.24 bits per heavy atom. The van der Waals surface area contributed by atoms with E-state index < -0.39 is 0 Å². The molecular weight excluding hydrogens is 210 g/mol. The molecule has 1 atom stereocenters. The van der Waals surface area contributed by atoms with Gasteiger partial charge in [-0.3, -0.25) is 4.79 Å². The number of Topliss-reactive ketones (excluding diaryl/α,β-unsaturated/α-hetero) is 1. The smallest absolute Gasteiger partial charge is 0.152 e. The highest BCUT2D eigenvalue weighted by molar-refractivity contribution is 5.85. The Morgan fingerprint density at radius 1 is 1.24 bits per heavy atom. The van der Waals surface area contributed by atoms with E-state index in [0.717, 1.165) is 12.3 Å². The van der Waals surface area contributed by atoms with E-state index in [4.69, 9.17) is 5.73 Å². The third kappa shape index (κ3) is 4.09. The van der Waals surface area contributed by atoms with E-state index in [0.29, 0.717) is 0 Å². The average molecular weight is 239 g/mol. The number of nitrogens with two attached hydrogens (primary N) is 1. The second-order valence-electron chi connectivity index (χ2n) is 6.69. The molecule has 0 heterocycles. The Balaban J connectivity index is 2.55. The standard InChI is InChI=1S/C15H29NO/c1-11(2)14(17)13(16)10-15(3,4)12-8-6-5-7-9-12/h11-13H,5-10,16H2,1-4H3. The molecule has 0 bridgehead atoms. The molecule has 2 N–H and O–H groups in total. The fraction of sp³-hybridized carbons (Fsp3) is 0.933. The zero-order valence-electron chi connectivity index (χ0n) is 12.0. The van der Waals surface area contributed by atoms with Crippen LogP contribution in [0.4, 0.5) is 0 Å². The summed E-state index contributed by atoms with van der Waals surface area (Å²) in [4.78, 5) is 11.9. The highest BCUT2D eigenvalue weighted by atomic mass is 16.1. The largest absolute Gasteiger partial charge is 0.321 e. The Labute approximate surface area is 106 Å². The highest BCUT2D eigenvalue weighted by Gasteiger charge is 2.34. The lowest BCUT2D eigenvalue weighted by Gasteiger charge is -2.38. The summed E-state index contributed by atoms with van der Waals surface area (Å²) in [6.07, 6.45) is 7.55. The molecule has 100 valence electrons. The topological polar surface area (TPSA) is 43.1 Å². The van der Waals surface area contributed by atoms with Crippen LogP contribution in [-0.2, 0) is 4.79 Å². The zero-order valence-corrected chi connectivity index (χ0v) is 12.0. The van der Waals surface area contributed by atoms with Crippen LogP contribution in [0.1, 0.15) is 66.2 Å². The molecule has 0 saturated heterocycles. The summed E-state index contributed by atoms with van der Waals surface area (Å²) in [5, 5.41) is 0. The lowest BCUT2D eigenvalue weighted by atomic mass is 9.67. The van der Waals surface area contributed by atoms with Gasteiger partial charge in [0.1, 0.15) is 0 Å². The van der Waals surface area contributed by atoms with Crippen LogP contribution in [0.5, 0.6) is 0 Å². The summed E-state index contributed by atoms with van der Waals surface area (Å²) in [5.74, 6) is 1.03. The number of carbonyl (C=O) groups excluding carboxylic acids is 1. The van der Waals surface area contributed by atoms with Crippen LogP contribution in [0.15, 0.2) is 0 Å². The number of rotatable bonds is 5. The summed E-state index contributed by atoms with van der Waals surface area (Å²) < 4.78 is 0. The molecule has 2 heteroatoms. The van der Waals surface area contributed by atoms with Crippen molar-refractivity contribution in [3.8, 4) is 0 Å². The Hall–Kier alpha value is -0.370. The Bertz CT molecular complexity index is 252. The maximum atomic E-state index is 11.9. The van der Waals surface area contributed by atoms with Crippen LogP contribution < -0.4 is 5.73 Å². The van der Waals surface area contributed by atoms with Crippen molar-refractivity contribution in [1.29, 1.82) is 0 Å². The van der Waals surface area contributed by atoms with Gasteiger partial charge < -0.3 is 5.73 Å². The maximum absolute atomic E-state index is 11.9. The molecule has 17 heavy (non-hydrogen) atoms. The first-order valence-corrected chi connectivity index (χ1v) is 7.14. The molecule has 0 aromatic rings. The number of ketones is 1. The maximum Gasteiger partial charge on any atom is 0.152 e. The third-order valence-corrected chi connectivity index (χ3v) is 4.39. The third-order valence-electron chi connectivity index (χ3n) is 4.39. The zero-order chi connectivity index (χ0) is 13.1. The summed E-state index contributed by atoms with van der Waals surface area (Å²) in [7, 11) is 0. The number of carbonyl (C=O) groups is 1. The van der Waals surface area contributed by atoms with Gasteiger partial charge >= 0.3 is 0 Å². The quantitative estimate of drug-likeness (QED) is 0.797. The van der Waals surface area contributed by atoms with Crippen molar-refractivity contribution in [2.75, 3.05) is 0 Å². The molecule has 0 radical (unpaired) electrons. The van der Waals surface area contributed by atoms with Gasteiger partial charge in [0.2, 0.25) is 0 Å². The Morgan fingerprint density at radius 2 is 1.76 bits per heavy atom. The lowest BCUT2D eigenvalue weighted by molar-refractivity contribution is -0.124. The molecule has 0 aliphatic heterocycles. The van der Waals surface area contributed by atoms with Crippen LogP contribution in [0, 0.1) is 17.3 Å². The lowest BCUT2D eigenvalue weighted by Crippen LogP contribution is -2.40. The second-order valence-corrected chi connectivity index (χ2v) is 6.69. The van der Waals surface area contributed by atoms with Crippen molar-refractivity contribution in [1.82, 2.24) is 0 Å². The predicted octanol–water partition coefficient (Wildman–Crippen LogP) is 3.54. The van der Waals surface area contributed by atoms with E-state index in [2.05, 4.69) is 13.8 Å². The van der Waals surface area contributed by atoms with Crippen molar-refractivity contribution >= 4 is 5.78 Å². The SMILES string of the molecule is CC(C)C(=O)C(N)CC(C)(C)C1CCCCC1. The van der Waals surface area contributed by atoms with E-state index in [1.165, 1.54) is 32.1 Å². The summed E-state index contributed by atoms with van der Waals surface area (Å²) in [5.41, 5.74) is 6.27. The highest BCUT2D eigenvalue weighted by Crippen LogP contribution is 2.41. The van der Waals surface area contributed by atoms with E-state index in [1.807, 2.05) is 13.8 Å². The van der Waals surface area contributed by atoms with Gasteiger partial charge in [-0.25, -0.2) is 0 Å². The first-order valence-electron chi connectivity index (χ1n) is 7.14. The molecule has 0 amide bonds. The summed E-state index contributed by atoms with van der Waals surface area (Å²) >= 11 is 0. The van der Waals surface area contributed by atoms with E-state index in [-0.39, 0.29) is 23.2 Å². The fourth-order valence-corrected chi connectivity index (χ4v) is 3.15. The van der Waals surface area contributed by atoms with Gasteiger partial charge in [0.05, 0.1) is 6.04 Å². The van der Waals surface area contributed by atoms with Crippen LogP contribution in [-0.4, -0.2) is 11.8 Å². The van der Waals surface area contributed by atoms with E-state index in [1.54, 1.807) is 0 Å². The minimum absolute atomic E-state index is 0.0622. The molecule has 1 aliphatic rings. The number of hydrogen-bond acceptors (Lipinski definition) is 2. The molecule has 1 rings (SSSR count). The van der Waals surface area contributed by atoms with Gasteiger partial charge in [0.15, 0.2) is 5.78 Å². The summed E-state index contributed by atoms with van der Waals surface area (Å²) in [6.45, 7) is 8.46. The van der Waals surface area contributed by atoms with Crippen molar-refractivity contribution < 1.29 is 4.79 Å². The summed E-state index contributed by atoms with van der Waals surface area (Å²) in [6, 6.07) is -0.271. The van der Waals surface area contributed by atoms with E-state index >= 15 is 0 Å². The first kappa shape index (κ1) is 14.7. The van der Waals surface area contributed by atoms with Gasteiger partial charge in [-0.1, -0.05) is 47.0 Å². The molecule has 1 fully saturated rings. The van der Waals surface area contributed by atoms with Gasteiger partial charge in [0, 0.05) is 5.92 Å². The molecule has 0 spiro atoms. The van der Waals surface area contributed by atoms with Gasteiger partial charge in [-0.15, -0.1) is 0 Å². The van der Waals surface area contributed by atoms with Crippen molar-refractivity contribution in [2.24, 2.45) is 23.0 Å². The van der Waals surface area contributed by atoms with Crippen molar-refractivity contribution in [2.45, 2.75) is 72.3 Å².